The summed E-state index contributed by atoms with van der Waals surface area (Å²) in [5.41, 5.74) is 1.39. The van der Waals surface area contributed by atoms with Crippen molar-refractivity contribution in [2.45, 2.75) is 44.2 Å². The smallest absolute Gasteiger partial charge is 0.188 e. The quantitative estimate of drug-likeness (QED) is 0.804. The number of benzene rings is 1. The van der Waals surface area contributed by atoms with Gasteiger partial charge in [0.2, 0.25) is 0 Å². The molecule has 0 aromatic heterocycles. The lowest BCUT2D eigenvalue weighted by atomic mass is 9.68. The molecule has 3 rings (SSSR count). The molecule has 1 aromatic carbocycles. The molecule has 2 N–H and O–H groups in total. The van der Waals surface area contributed by atoms with Crippen LogP contribution in [0.1, 0.15) is 43.0 Å². The molecule has 1 saturated carbocycles. The van der Waals surface area contributed by atoms with Gasteiger partial charge in [0.1, 0.15) is 5.54 Å². The fourth-order valence-electron chi connectivity index (χ4n) is 4.65. The molecule has 134 valence electrons. The molecule has 3 nitrogen and oxygen atoms in total. The third-order valence-electron chi connectivity index (χ3n) is 5.96. The minimum atomic E-state index is -0.735. The number of nitrogens with one attached hydrogen (secondary N) is 2. The first-order valence-corrected chi connectivity index (χ1v) is 9.47. The molecule has 4 unspecified atom stereocenters. The molecule has 1 fully saturated rings. The van der Waals surface area contributed by atoms with E-state index in [9.17, 15) is 4.79 Å². The van der Waals surface area contributed by atoms with E-state index in [0.717, 1.165) is 11.5 Å². The molecule has 2 aliphatic carbocycles. The molecular formula is C22H30N2O. The van der Waals surface area contributed by atoms with E-state index in [4.69, 9.17) is 0 Å². The van der Waals surface area contributed by atoms with Crippen molar-refractivity contribution in [2.75, 3.05) is 14.1 Å². The molecule has 0 heterocycles. The van der Waals surface area contributed by atoms with Crippen LogP contribution < -0.4 is 10.6 Å². The second-order valence-corrected chi connectivity index (χ2v) is 7.53. The average Bonchev–Trinajstić information content (AvgIpc) is 2.67. The summed E-state index contributed by atoms with van der Waals surface area (Å²) in [7, 11) is 3.86. The number of rotatable bonds is 5. The van der Waals surface area contributed by atoms with Crippen molar-refractivity contribution < 1.29 is 4.79 Å². The van der Waals surface area contributed by atoms with Crippen LogP contribution in [-0.2, 0) is 0 Å². The first-order valence-electron chi connectivity index (χ1n) is 9.47. The third-order valence-corrected chi connectivity index (χ3v) is 5.96. The predicted octanol–water partition coefficient (Wildman–Crippen LogP) is 3.74. The van der Waals surface area contributed by atoms with Crippen molar-refractivity contribution in [1.29, 1.82) is 0 Å². The van der Waals surface area contributed by atoms with Gasteiger partial charge in [-0.3, -0.25) is 4.79 Å². The number of allylic oxidation sites excluding steroid dienone is 2. The predicted molar refractivity (Wildman–Crippen MR) is 104 cm³/mol. The van der Waals surface area contributed by atoms with E-state index in [0.29, 0.717) is 5.92 Å². The van der Waals surface area contributed by atoms with Crippen molar-refractivity contribution in [3.63, 3.8) is 0 Å². The summed E-state index contributed by atoms with van der Waals surface area (Å²) in [6.07, 6.45) is 11.4. The Morgan fingerprint density at radius 2 is 1.92 bits per heavy atom. The third kappa shape index (κ3) is 3.36. The second kappa shape index (κ2) is 7.67. The summed E-state index contributed by atoms with van der Waals surface area (Å²) in [6, 6.07) is 9.59. The molecule has 4 atom stereocenters. The summed E-state index contributed by atoms with van der Waals surface area (Å²) in [6.45, 7) is 2.35. The van der Waals surface area contributed by atoms with E-state index in [1.54, 1.807) is 0 Å². The molecule has 25 heavy (non-hydrogen) atoms. The average molecular weight is 338 g/mol. The highest BCUT2D eigenvalue weighted by atomic mass is 16.1. The van der Waals surface area contributed by atoms with Crippen molar-refractivity contribution >= 4 is 5.78 Å². The normalized spacial score (nSPS) is 32.3. The Hall–Kier alpha value is -1.71. The molecule has 0 amide bonds. The summed E-state index contributed by atoms with van der Waals surface area (Å²) in [5, 5.41) is 6.81. The van der Waals surface area contributed by atoms with Crippen LogP contribution in [0.4, 0.5) is 0 Å². The lowest BCUT2D eigenvalue weighted by Crippen LogP contribution is -2.64. The van der Waals surface area contributed by atoms with Crippen LogP contribution in [0.2, 0.25) is 0 Å². The number of carbonyl (C=O) groups excluding carboxylic acids is 1. The molecule has 0 saturated heterocycles. The molecule has 0 radical (unpaired) electrons. The molecule has 2 aliphatic rings. The second-order valence-electron chi connectivity index (χ2n) is 7.53. The lowest BCUT2D eigenvalue weighted by molar-refractivity contribution is 0.0868. The SMILES string of the molecule is CNC1C(C2CCCC(C)C2)=CC=CC1(NC)C(=O)c1ccccc1. The Kier molecular flexibility index (Phi) is 5.55. The van der Waals surface area contributed by atoms with Crippen molar-refractivity contribution in [3.05, 3.63) is 59.7 Å². The van der Waals surface area contributed by atoms with E-state index in [1.807, 2.05) is 50.5 Å². The lowest BCUT2D eigenvalue weighted by Gasteiger charge is -2.43. The summed E-state index contributed by atoms with van der Waals surface area (Å²) < 4.78 is 0. The van der Waals surface area contributed by atoms with Gasteiger partial charge in [0.15, 0.2) is 5.78 Å². The van der Waals surface area contributed by atoms with Crippen molar-refractivity contribution in [3.8, 4) is 0 Å². The summed E-state index contributed by atoms with van der Waals surface area (Å²) in [4.78, 5) is 13.4. The van der Waals surface area contributed by atoms with Crippen LogP contribution in [0, 0.1) is 11.8 Å². The minimum Gasteiger partial charge on any atom is -0.311 e. The minimum absolute atomic E-state index is 0.0227. The number of ketones is 1. The number of carbonyl (C=O) groups is 1. The fourth-order valence-corrected chi connectivity index (χ4v) is 4.65. The zero-order valence-corrected chi connectivity index (χ0v) is 15.6. The molecule has 0 spiro atoms. The van der Waals surface area contributed by atoms with E-state index < -0.39 is 5.54 Å². The highest BCUT2D eigenvalue weighted by molar-refractivity contribution is 6.06. The van der Waals surface area contributed by atoms with Gasteiger partial charge in [0.05, 0.1) is 6.04 Å². The van der Waals surface area contributed by atoms with Crippen molar-refractivity contribution in [1.82, 2.24) is 10.6 Å². The molecule has 1 aromatic rings. The standard InChI is InChI=1S/C22H30N2O/c1-16-9-7-12-18(15-16)19-13-8-14-22(24-3,20(19)23-2)21(25)17-10-5-4-6-11-17/h4-6,8,10-11,13-14,16,18,20,23-24H,7,9,12,15H2,1-3H3. The van der Waals surface area contributed by atoms with E-state index in [2.05, 4.69) is 29.7 Å². The van der Waals surface area contributed by atoms with Gasteiger partial charge in [0, 0.05) is 5.56 Å². The number of hydrogen-bond donors (Lipinski definition) is 2. The molecule has 3 heteroatoms. The van der Waals surface area contributed by atoms with Crippen LogP contribution in [0.15, 0.2) is 54.1 Å². The largest absolute Gasteiger partial charge is 0.311 e. The van der Waals surface area contributed by atoms with Gasteiger partial charge in [-0.05, 0) is 44.3 Å². The van der Waals surface area contributed by atoms with Crippen LogP contribution >= 0.6 is 0 Å². The van der Waals surface area contributed by atoms with Crippen LogP contribution in [0.3, 0.4) is 0 Å². The van der Waals surface area contributed by atoms with Gasteiger partial charge in [0.25, 0.3) is 0 Å². The maximum Gasteiger partial charge on any atom is 0.188 e. The Balaban J connectivity index is 1.96. The van der Waals surface area contributed by atoms with Gasteiger partial charge in [-0.1, -0.05) is 68.3 Å². The fraction of sp³-hybridized carbons (Fsp3) is 0.500. The molecular weight excluding hydrogens is 308 g/mol. The molecule has 0 bridgehead atoms. The topological polar surface area (TPSA) is 41.1 Å². The van der Waals surface area contributed by atoms with E-state index in [-0.39, 0.29) is 11.8 Å². The first kappa shape index (κ1) is 18.1. The Bertz CT molecular complexity index is 664. The van der Waals surface area contributed by atoms with E-state index >= 15 is 0 Å². The zero-order valence-electron chi connectivity index (χ0n) is 15.6. The monoisotopic (exact) mass is 338 g/mol. The Morgan fingerprint density at radius 3 is 2.56 bits per heavy atom. The maximum atomic E-state index is 13.4. The van der Waals surface area contributed by atoms with Gasteiger partial charge in [-0.2, -0.15) is 0 Å². The van der Waals surface area contributed by atoms with Crippen LogP contribution in [0.25, 0.3) is 0 Å². The number of Topliss-reactive ketones (excluding diaryl/α,β-unsaturated/α-hetero) is 1. The summed E-state index contributed by atoms with van der Waals surface area (Å²) >= 11 is 0. The van der Waals surface area contributed by atoms with Gasteiger partial charge < -0.3 is 10.6 Å². The van der Waals surface area contributed by atoms with Gasteiger partial charge >= 0.3 is 0 Å². The first-order chi connectivity index (χ1) is 12.1. The van der Waals surface area contributed by atoms with Gasteiger partial charge in [-0.15, -0.1) is 0 Å². The maximum absolute atomic E-state index is 13.4. The number of hydrogen-bond acceptors (Lipinski definition) is 3. The Labute approximate surface area is 151 Å². The highest BCUT2D eigenvalue weighted by Crippen LogP contribution is 2.39. The van der Waals surface area contributed by atoms with Crippen LogP contribution in [0.5, 0.6) is 0 Å². The zero-order chi connectivity index (χ0) is 17.9. The number of likely N-dealkylation sites (N-methyl/N-ethyl adjacent to an activating group) is 2. The highest BCUT2D eigenvalue weighted by Gasteiger charge is 2.46. The summed E-state index contributed by atoms with van der Waals surface area (Å²) in [5.74, 6) is 1.44. The molecule has 0 aliphatic heterocycles. The van der Waals surface area contributed by atoms with Gasteiger partial charge in [-0.25, -0.2) is 0 Å². The van der Waals surface area contributed by atoms with Crippen molar-refractivity contribution in [2.24, 2.45) is 11.8 Å². The Morgan fingerprint density at radius 1 is 1.16 bits per heavy atom. The van der Waals surface area contributed by atoms with Crippen LogP contribution in [-0.4, -0.2) is 31.5 Å². The van der Waals surface area contributed by atoms with E-state index in [1.165, 1.54) is 31.3 Å².